The van der Waals surface area contributed by atoms with E-state index in [0.29, 0.717) is 6.04 Å². The van der Waals surface area contributed by atoms with Crippen molar-refractivity contribution in [1.82, 2.24) is 15.5 Å². The first kappa shape index (κ1) is 21.2. The first-order chi connectivity index (χ1) is 10.5. The summed E-state index contributed by atoms with van der Waals surface area (Å²) in [6.45, 7) is 13.4. The molecule has 0 aliphatic rings. The van der Waals surface area contributed by atoms with Gasteiger partial charge in [0.25, 0.3) is 0 Å². The molecule has 0 fully saturated rings. The van der Waals surface area contributed by atoms with Crippen LogP contribution in [0, 0.1) is 5.92 Å². The van der Waals surface area contributed by atoms with Crippen LogP contribution < -0.4 is 10.6 Å². The number of guanidine groups is 1. The highest BCUT2D eigenvalue weighted by Gasteiger charge is 2.06. The van der Waals surface area contributed by atoms with Crippen molar-refractivity contribution in [3.05, 3.63) is 0 Å². The zero-order valence-corrected chi connectivity index (χ0v) is 15.6. The summed E-state index contributed by atoms with van der Waals surface area (Å²) in [6.07, 6.45) is 3.50. The van der Waals surface area contributed by atoms with E-state index in [1.165, 1.54) is 12.8 Å². The largest absolute Gasteiger partial charge is 0.383 e. The van der Waals surface area contributed by atoms with Gasteiger partial charge in [0.05, 0.1) is 6.61 Å². The summed E-state index contributed by atoms with van der Waals surface area (Å²) in [5.74, 6) is 1.70. The molecule has 132 valence electrons. The molecular formula is C17H38N4O. The number of nitrogens with zero attached hydrogens (tertiary/aromatic N) is 2. The van der Waals surface area contributed by atoms with Crippen LogP contribution in [-0.4, -0.2) is 63.8 Å². The fourth-order valence-corrected chi connectivity index (χ4v) is 2.10. The number of hydrogen-bond donors (Lipinski definition) is 2. The topological polar surface area (TPSA) is 48.9 Å². The molecular weight excluding hydrogens is 276 g/mol. The summed E-state index contributed by atoms with van der Waals surface area (Å²) in [4.78, 5) is 6.95. The Hall–Kier alpha value is -0.810. The van der Waals surface area contributed by atoms with Gasteiger partial charge in [-0.1, -0.05) is 13.8 Å². The lowest BCUT2D eigenvalue weighted by Gasteiger charge is -2.19. The van der Waals surface area contributed by atoms with Crippen LogP contribution in [0.2, 0.25) is 0 Å². The van der Waals surface area contributed by atoms with Crippen molar-refractivity contribution >= 4 is 5.96 Å². The van der Waals surface area contributed by atoms with Crippen molar-refractivity contribution in [3.8, 4) is 0 Å². The molecule has 0 heterocycles. The second-order valence-corrected chi connectivity index (χ2v) is 6.43. The standard InChI is InChI=1S/C17H38N4O/c1-7-18-17(20-16(4)10-9-15(2)3)19-11-8-12-21(5)13-14-22-6/h15-16H,7-14H2,1-6H3,(H2,18,19,20). The molecule has 0 aromatic rings. The number of methoxy groups -OCH3 is 1. The van der Waals surface area contributed by atoms with Gasteiger partial charge in [-0.3, -0.25) is 4.99 Å². The van der Waals surface area contributed by atoms with Crippen LogP contribution in [0.15, 0.2) is 4.99 Å². The van der Waals surface area contributed by atoms with Gasteiger partial charge in [0, 0.05) is 32.8 Å². The van der Waals surface area contributed by atoms with E-state index in [1.807, 2.05) is 0 Å². The lowest BCUT2D eigenvalue weighted by molar-refractivity contribution is 0.161. The van der Waals surface area contributed by atoms with Crippen molar-refractivity contribution in [1.29, 1.82) is 0 Å². The zero-order chi connectivity index (χ0) is 16.8. The fourth-order valence-electron chi connectivity index (χ4n) is 2.10. The Labute approximate surface area is 137 Å². The molecule has 0 bridgehead atoms. The molecule has 1 atom stereocenters. The molecule has 0 saturated carbocycles. The van der Waals surface area contributed by atoms with E-state index in [-0.39, 0.29) is 0 Å². The Morgan fingerprint density at radius 1 is 1.18 bits per heavy atom. The molecule has 0 spiro atoms. The number of aliphatic imine (C=N–C) groups is 1. The van der Waals surface area contributed by atoms with E-state index in [9.17, 15) is 0 Å². The molecule has 0 aliphatic carbocycles. The van der Waals surface area contributed by atoms with Crippen LogP contribution >= 0.6 is 0 Å². The monoisotopic (exact) mass is 314 g/mol. The molecule has 2 N–H and O–H groups in total. The number of ether oxygens (including phenoxy) is 1. The number of nitrogens with one attached hydrogen (secondary N) is 2. The van der Waals surface area contributed by atoms with Gasteiger partial charge in [-0.25, -0.2) is 0 Å². The third-order valence-electron chi connectivity index (χ3n) is 3.55. The van der Waals surface area contributed by atoms with E-state index in [1.54, 1.807) is 7.11 Å². The van der Waals surface area contributed by atoms with Gasteiger partial charge >= 0.3 is 0 Å². The Morgan fingerprint density at radius 2 is 1.91 bits per heavy atom. The molecule has 0 radical (unpaired) electrons. The molecule has 0 rings (SSSR count). The summed E-state index contributed by atoms with van der Waals surface area (Å²) in [6, 6.07) is 0.463. The lowest BCUT2D eigenvalue weighted by Crippen LogP contribution is -2.42. The van der Waals surface area contributed by atoms with Gasteiger partial charge in [-0.2, -0.15) is 0 Å². The van der Waals surface area contributed by atoms with Crippen LogP contribution in [0.4, 0.5) is 0 Å². The van der Waals surface area contributed by atoms with Gasteiger partial charge in [-0.15, -0.1) is 0 Å². The molecule has 0 amide bonds. The molecule has 22 heavy (non-hydrogen) atoms. The van der Waals surface area contributed by atoms with Gasteiger partial charge in [0.2, 0.25) is 0 Å². The Morgan fingerprint density at radius 3 is 2.50 bits per heavy atom. The summed E-state index contributed by atoms with van der Waals surface area (Å²) >= 11 is 0. The first-order valence-electron chi connectivity index (χ1n) is 8.71. The van der Waals surface area contributed by atoms with Gasteiger partial charge in [0.1, 0.15) is 0 Å². The molecule has 5 heteroatoms. The van der Waals surface area contributed by atoms with Gasteiger partial charge in [-0.05, 0) is 52.6 Å². The molecule has 5 nitrogen and oxygen atoms in total. The Balaban J connectivity index is 4.03. The van der Waals surface area contributed by atoms with Crippen LogP contribution in [0.5, 0.6) is 0 Å². The lowest BCUT2D eigenvalue weighted by atomic mass is 10.0. The Kier molecular flexibility index (Phi) is 13.3. The predicted molar refractivity (Wildman–Crippen MR) is 96.6 cm³/mol. The maximum Gasteiger partial charge on any atom is 0.191 e. The van der Waals surface area contributed by atoms with Crippen LogP contribution in [0.1, 0.15) is 47.0 Å². The Bertz CT molecular complexity index is 282. The third-order valence-corrected chi connectivity index (χ3v) is 3.55. The maximum absolute atomic E-state index is 5.08. The number of likely N-dealkylation sites (N-methyl/N-ethyl adjacent to an activating group) is 1. The van der Waals surface area contributed by atoms with Crippen molar-refractivity contribution in [2.75, 3.05) is 46.9 Å². The smallest absolute Gasteiger partial charge is 0.191 e. The molecule has 0 aliphatic heterocycles. The minimum absolute atomic E-state index is 0.463. The van der Waals surface area contributed by atoms with Crippen molar-refractivity contribution in [2.24, 2.45) is 10.9 Å². The van der Waals surface area contributed by atoms with Crippen molar-refractivity contribution < 1.29 is 4.74 Å². The highest BCUT2D eigenvalue weighted by Crippen LogP contribution is 2.06. The molecule has 0 aromatic heterocycles. The van der Waals surface area contributed by atoms with E-state index in [2.05, 4.69) is 55.3 Å². The number of hydrogen-bond acceptors (Lipinski definition) is 3. The first-order valence-corrected chi connectivity index (χ1v) is 8.71. The summed E-state index contributed by atoms with van der Waals surface area (Å²) in [5, 5.41) is 6.83. The minimum atomic E-state index is 0.463. The number of rotatable bonds is 12. The summed E-state index contributed by atoms with van der Waals surface area (Å²) in [7, 11) is 3.87. The highest BCUT2D eigenvalue weighted by atomic mass is 16.5. The average Bonchev–Trinajstić information content (AvgIpc) is 2.47. The van der Waals surface area contributed by atoms with Crippen LogP contribution in [0.3, 0.4) is 0 Å². The SMILES string of the molecule is CCNC(=NCCCN(C)CCOC)NC(C)CCC(C)C. The minimum Gasteiger partial charge on any atom is -0.383 e. The molecule has 0 saturated heterocycles. The van der Waals surface area contributed by atoms with Crippen molar-refractivity contribution in [2.45, 2.75) is 53.0 Å². The van der Waals surface area contributed by atoms with Gasteiger partial charge in [0.15, 0.2) is 5.96 Å². The maximum atomic E-state index is 5.08. The zero-order valence-electron chi connectivity index (χ0n) is 15.6. The summed E-state index contributed by atoms with van der Waals surface area (Å²) < 4.78 is 5.08. The van der Waals surface area contributed by atoms with Crippen LogP contribution in [-0.2, 0) is 4.74 Å². The normalized spacial score (nSPS) is 13.7. The molecule has 0 aromatic carbocycles. The van der Waals surface area contributed by atoms with E-state index in [4.69, 9.17) is 4.74 Å². The second kappa shape index (κ2) is 13.8. The third kappa shape index (κ3) is 12.9. The molecule has 1 unspecified atom stereocenters. The quantitative estimate of drug-likeness (QED) is 0.330. The fraction of sp³-hybridized carbons (Fsp3) is 0.941. The van der Waals surface area contributed by atoms with Gasteiger partial charge < -0.3 is 20.3 Å². The second-order valence-electron chi connectivity index (χ2n) is 6.43. The highest BCUT2D eigenvalue weighted by molar-refractivity contribution is 5.79. The van der Waals surface area contributed by atoms with Crippen molar-refractivity contribution in [3.63, 3.8) is 0 Å². The summed E-state index contributed by atoms with van der Waals surface area (Å²) in [5.41, 5.74) is 0. The van der Waals surface area contributed by atoms with E-state index in [0.717, 1.165) is 51.1 Å². The van der Waals surface area contributed by atoms with Crippen LogP contribution in [0.25, 0.3) is 0 Å². The average molecular weight is 315 g/mol. The predicted octanol–water partition coefficient (Wildman–Crippen LogP) is 2.33. The van der Waals surface area contributed by atoms with E-state index < -0.39 is 0 Å². The van der Waals surface area contributed by atoms with E-state index >= 15 is 0 Å².